The third-order valence-electron chi connectivity index (χ3n) is 4.02. The zero-order valence-electron chi connectivity index (χ0n) is 13.3. The van der Waals surface area contributed by atoms with Crippen molar-refractivity contribution in [1.82, 2.24) is 10.4 Å². The van der Waals surface area contributed by atoms with Gasteiger partial charge < -0.3 is 5.32 Å². The van der Waals surface area contributed by atoms with E-state index in [1.165, 1.54) is 12.1 Å². The summed E-state index contributed by atoms with van der Waals surface area (Å²) in [6.45, 7) is 4.46. The molecule has 0 atom stereocenters. The minimum atomic E-state index is -0.464. The van der Waals surface area contributed by atoms with Gasteiger partial charge in [0.25, 0.3) is 0 Å². The minimum absolute atomic E-state index is 0.0661. The quantitative estimate of drug-likeness (QED) is 0.874. The number of nitrogens with one attached hydrogen (secondary N) is 1. The molecule has 6 heteroatoms. The van der Waals surface area contributed by atoms with E-state index in [0.717, 1.165) is 25.9 Å². The molecule has 2 rings (SSSR count). The molecule has 1 amide bonds. The molecule has 5 nitrogen and oxygen atoms in total. The number of halogens is 1. The highest BCUT2D eigenvalue weighted by molar-refractivity contribution is 5.76. The van der Waals surface area contributed by atoms with Gasteiger partial charge in [0.05, 0.1) is 18.2 Å². The van der Waals surface area contributed by atoms with Crippen molar-refractivity contribution < 1.29 is 14.0 Å². The average molecular weight is 319 g/mol. The van der Waals surface area contributed by atoms with E-state index in [9.17, 15) is 9.18 Å². The predicted octanol–water partition coefficient (Wildman–Crippen LogP) is 2.37. The van der Waals surface area contributed by atoms with E-state index in [4.69, 9.17) is 10.1 Å². The van der Waals surface area contributed by atoms with Crippen molar-refractivity contribution in [1.29, 1.82) is 5.26 Å². The maximum absolute atomic E-state index is 13.7. The maximum atomic E-state index is 13.7. The molecule has 1 aromatic carbocycles. The van der Waals surface area contributed by atoms with Crippen molar-refractivity contribution in [3.63, 3.8) is 0 Å². The topological polar surface area (TPSA) is 65.4 Å². The zero-order chi connectivity index (χ0) is 16.7. The Hall–Kier alpha value is -1.97. The molecular formula is C17H22FN3O2. The van der Waals surface area contributed by atoms with Crippen LogP contribution >= 0.6 is 0 Å². The molecule has 1 aliphatic rings. The number of piperidine rings is 1. The van der Waals surface area contributed by atoms with E-state index >= 15 is 0 Å². The summed E-state index contributed by atoms with van der Waals surface area (Å²) in [7, 11) is 0. The maximum Gasteiger partial charge on any atom is 0.220 e. The summed E-state index contributed by atoms with van der Waals surface area (Å²) in [4.78, 5) is 17.4. The van der Waals surface area contributed by atoms with Crippen molar-refractivity contribution in [2.45, 2.75) is 32.7 Å². The monoisotopic (exact) mass is 319 g/mol. The second kappa shape index (κ2) is 8.61. The first-order valence-electron chi connectivity index (χ1n) is 7.95. The molecule has 1 saturated heterocycles. The summed E-state index contributed by atoms with van der Waals surface area (Å²) in [5.41, 5.74) is 0.669. The Balaban J connectivity index is 1.75. The van der Waals surface area contributed by atoms with Crippen LogP contribution in [0.5, 0.6) is 0 Å². The fourth-order valence-corrected chi connectivity index (χ4v) is 2.71. The number of amides is 1. The van der Waals surface area contributed by atoms with Gasteiger partial charge in [0, 0.05) is 31.6 Å². The van der Waals surface area contributed by atoms with E-state index in [2.05, 4.69) is 5.32 Å². The number of carbonyl (C=O) groups is 1. The molecule has 1 heterocycles. The van der Waals surface area contributed by atoms with Crippen LogP contribution in [0.4, 0.5) is 4.39 Å². The van der Waals surface area contributed by atoms with Gasteiger partial charge in [-0.2, -0.15) is 10.3 Å². The highest BCUT2D eigenvalue weighted by Crippen LogP contribution is 2.20. The van der Waals surface area contributed by atoms with Gasteiger partial charge in [0.1, 0.15) is 5.82 Å². The van der Waals surface area contributed by atoms with E-state index in [-0.39, 0.29) is 18.0 Å². The predicted molar refractivity (Wildman–Crippen MR) is 83.5 cm³/mol. The molecule has 1 aromatic rings. The van der Waals surface area contributed by atoms with E-state index in [1.54, 1.807) is 6.07 Å². The SMILES string of the molecule is CCON1CCC(CC(=O)NCc2ccc(C#N)cc2F)CC1. The number of rotatable bonds is 6. The number of hydrogen-bond acceptors (Lipinski definition) is 4. The molecule has 0 bridgehead atoms. The molecule has 0 aromatic heterocycles. The normalized spacial score (nSPS) is 16.0. The Labute approximate surface area is 136 Å². The fraction of sp³-hybridized carbons (Fsp3) is 0.529. The Bertz CT molecular complexity index is 578. The number of hydroxylamine groups is 2. The Morgan fingerprint density at radius 2 is 2.22 bits per heavy atom. The molecular weight excluding hydrogens is 297 g/mol. The molecule has 0 aliphatic carbocycles. The lowest BCUT2D eigenvalue weighted by molar-refractivity contribution is -0.170. The van der Waals surface area contributed by atoms with Crippen molar-refractivity contribution >= 4 is 5.91 Å². The molecule has 0 spiro atoms. The zero-order valence-corrected chi connectivity index (χ0v) is 13.3. The Kier molecular flexibility index (Phi) is 6.51. The largest absolute Gasteiger partial charge is 0.352 e. The Morgan fingerprint density at radius 1 is 1.48 bits per heavy atom. The summed E-state index contributed by atoms with van der Waals surface area (Å²) >= 11 is 0. The van der Waals surface area contributed by atoms with Gasteiger partial charge in [-0.15, -0.1) is 0 Å². The second-order valence-electron chi connectivity index (χ2n) is 5.69. The first kappa shape index (κ1) is 17.4. The standard InChI is InChI=1S/C17H22FN3O2/c1-2-23-21-7-5-13(6-8-21)10-17(22)20-12-15-4-3-14(11-19)9-16(15)18/h3-4,9,13H,2,5-8,10,12H2,1H3,(H,20,22). The molecule has 0 saturated carbocycles. The Morgan fingerprint density at radius 3 is 2.83 bits per heavy atom. The number of hydrogen-bond donors (Lipinski definition) is 1. The molecule has 0 unspecified atom stereocenters. The summed E-state index contributed by atoms with van der Waals surface area (Å²) in [5.74, 6) is -0.185. The lowest BCUT2D eigenvalue weighted by Crippen LogP contribution is -2.35. The van der Waals surface area contributed by atoms with E-state index < -0.39 is 5.82 Å². The van der Waals surface area contributed by atoms with Crippen molar-refractivity contribution in [3.8, 4) is 6.07 Å². The van der Waals surface area contributed by atoms with Crippen LogP contribution in [0, 0.1) is 23.1 Å². The summed E-state index contributed by atoms with van der Waals surface area (Å²) in [5, 5.41) is 13.4. The van der Waals surface area contributed by atoms with Gasteiger partial charge in [-0.25, -0.2) is 4.39 Å². The van der Waals surface area contributed by atoms with Crippen LogP contribution in [-0.4, -0.2) is 30.7 Å². The molecule has 124 valence electrons. The minimum Gasteiger partial charge on any atom is -0.352 e. The van der Waals surface area contributed by atoms with Crippen LogP contribution in [0.2, 0.25) is 0 Å². The third kappa shape index (κ3) is 5.31. The summed E-state index contributed by atoms with van der Waals surface area (Å²) < 4.78 is 13.7. The van der Waals surface area contributed by atoms with Crippen molar-refractivity contribution in [2.75, 3.05) is 19.7 Å². The molecule has 1 aliphatic heterocycles. The van der Waals surface area contributed by atoms with Crippen LogP contribution < -0.4 is 5.32 Å². The lowest BCUT2D eigenvalue weighted by Gasteiger charge is -2.30. The van der Waals surface area contributed by atoms with Crippen LogP contribution in [0.1, 0.15) is 37.3 Å². The highest BCUT2D eigenvalue weighted by Gasteiger charge is 2.21. The van der Waals surface area contributed by atoms with Crippen molar-refractivity contribution in [2.24, 2.45) is 5.92 Å². The number of nitriles is 1. The van der Waals surface area contributed by atoms with Gasteiger partial charge in [0.2, 0.25) is 5.91 Å². The molecule has 0 radical (unpaired) electrons. The van der Waals surface area contributed by atoms with Gasteiger partial charge >= 0.3 is 0 Å². The average Bonchev–Trinajstić information content (AvgIpc) is 2.55. The van der Waals surface area contributed by atoms with Crippen LogP contribution in [0.3, 0.4) is 0 Å². The fourth-order valence-electron chi connectivity index (χ4n) is 2.71. The summed E-state index contributed by atoms with van der Waals surface area (Å²) in [6, 6.07) is 6.16. The first-order chi connectivity index (χ1) is 11.1. The number of carbonyl (C=O) groups excluding carboxylic acids is 1. The van der Waals surface area contributed by atoms with Crippen molar-refractivity contribution in [3.05, 3.63) is 35.1 Å². The second-order valence-corrected chi connectivity index (χ2v) is 5.69. The molecule has 1 fully saturated rings. The van der Waals surface area contributed by atoms with Crippen LogP contribution in [0.25, 0.3) is 0 Å². The van der Waals surface area contributed by atoms with Gasteiger partial charge in [0.15, 0.2) is 0 Å². The smallest absolute Gasteiger partial charge is 0.220 e. The van der Waals surface area contributed by atoms with Crippen LogP contribution in [0.15, 0.2) is 18.2 Å². The first-order valence-corrected chi connectivity index (χ1v) is 7.95. The lowest BCUT2D eigenvalue weighted by atomic mass is 9.94. The van der Waals surface area contributed by atoms with E-state index in [1.807, 2.05) is 18.1 Å². The van der Waals surface area contributed by atoms with E-state index in [0.29, 0.717) is 24.5 Å². The molecule has 1 N–H and O–H groups in total. The van der Waals surface area contributed by atoms with Gasteiger partial charge in [-0.3, -0.25) is 9.63 Å². The number of benzene rings is 1. The highest BCUT2D eigenvalue weighted by atomic mass is 19.1. The van der Waals surface area contributed by atoms with Gasteiger partial charge in [-0.1, -0.05) is 6.07 Å². The van der Waals surface area contributed by atoms with Gasteiger partial charge in [-0.05, 0) is 37.8 Å². The van der Waals surface area contributed by atoms with Crippen LogP contribution in [-0.2, 0) is 16.2 Å². The summed E-state index contributed by atoms with van der Waals surface area (Å²) in [6.07, 6.45) is 2.31. The third-order valence-corrected chi connectivity index (χ3v) is 4.02. The molecule has 23 heavy (non-hydrogen) atoms. The number of nitrogens with zero attached hydrogens (tertiary/aromatic N) is 2.